The van der Waals surface area contributed by atoms with Crippen LogP contribution in [0.2, 0.25) is 0 Å². The number of anilines is 1. The first-order chi connectivity index (χ1) is 11.7. The summed E-state index contributed by atoms with van der Waals surface area (Å²) >= 11 is 0. The molecule has 0 saturated heterocycles. The summed E-state index contributed by atoms with van der Waals surface area (Å²) < 4.78 is 5.54. The molecule has 5 nitrogen and oxygen atoms in total. The molecule has 0 aliphatic heterocycles. The van der Waals surface area contributed by atoms with Crippen molar-refractivity contribution in [1.29, 1.82) is 0 Å². The van der Waals surface area contributed by atoms with Gasteiger partial charge in [0.05, 0.1) is 25.0 Å². The Balaban J connectivity index is 1.56. The lowest BCUT2D eigenvalue weighted by Crippen LogP contribution is -2.15. The Morgan fingerprint density at radius 3 is 2.75 bits per heavy atom. The molecule has 3 aromatic rings. The molecule has 24 heavy (non-hydrogen) atoms. The normalized spacial score (nSPS) is 10.4. The number of carbonyl (C=O) groups excluding carboxylic acids is 1. The monoisotopic (exact) mass is 321 g/mol. The number of rotatable bonds is 6. The minimum Gasteiger partial charge on any atom is -0.493 e. The third-order valence-corrected chi connectivity index (χ3v) is 3.59. The van der Waals surface area contributed by atoms with E-state index in [2.05, 4.69) is 15.3 Å². The van der Waals surface area contributed by atoms with Gasteiger partial charge in [-0.3, -0.25) is 4.79 Å². The number of hydrogen-bond acceptors (Lipinski definition) is 3. The van der Waals surface area contributed by atoms with Gasteiger partial charge in [0.15, 0.2) is 0 Å². The first-order valence-corrected chi connectivity index (χ1v) is 7.80. The standard InChI is InChI=1S/C19H19N3O2/c1-14-19(21-13-20-14)15-6-5-7-16(12-15)22-18(23)10-11-24-17-8-3-2-4-9-17/h2-9,12-13H,10-11H2,1H3,(H,20,21)(H,22,23). The fourth-order valence-corrected chi connectivity index (χ4v) is 2.40. The highest BCUT2D eigenvalue weighted by atomic mass is 16.5. The van der Waals surface area contributed by atoms with E-state index in [0.29, 0.717) is 13.0 Å². The van der Waals surface area contributed by atoms with Gasteiger partial charge in [-0.05, 0) is 31.2 Å². The van der Waals surface area contributed by atoms with Crippen LogP contribution in [0.3, 0.4) is 0 Å². The van der Waals surface area contributed by atoms with Gasteiger partial charge in [-0.1, -0.05) is 30.3 Å². The van der Waals surface area contributed by atoms with E-state index in [4.69, 9.17) is 4.74 Å². The zero-order chi connectivity index (χ0) is 16.8. The maximum absolute atomic E-state index is 12.1. The predicted octanol–water partition coefficient (Wildman–Crippen LogP) is 3.79. The quantitative estimate of drug-likeness (QED) is 0.726. The molecule has 0 saturated carbocycles. The molecule has 122 valence electrons. The van der Waals surface area contributed by atoms with Crippen molar-refractivity contribution < 1.29 is 9.53 Å². The first-order valence-electron chi connectivity index (χ1n) is 7.80. The average Bonchev–Trinajstić information content (AvgIpc) is 3.02. The number of H-pyrrole nitrogens is 1. The SMILES string of the molecule is Cc1[nH]cnc1-c1cccc(NC(=O)CCOc2ccccc2)c1. The first kappa shape index (κ1) is 15.8. The van der Waals surface area contributed by atoms with E-state index in [1.54, 1.807) is 6.33 Å². The van der Waals surface area contributed by atoms with E-state index < -0.39 is 0 Å². The second kappa shape index (κ2) is 7.46. The van der Waals surface area contributed by atoms with Crippen LogP contribution < -0.4 is 10.1 Å². The molecule has 0 fully saturated rings. The number of nitrogens with one attached hydrogen (secondary N) is 2. The third-order valence-electron chi connectivity index (χ3n) is 3.59. The van der Waals surface area contributed by atoms with E-state index in [-0.39, 0.29) is 5.91 Å². The summed E-state index contributed by atoms with van der Waals surface area (Å²) in [5.41, 5.74) is 3.60. The number of carbonyl (C=O) groups is 1. The smallest absolute Gasteiger partial charge is 0.227 e. The van der Waals surface area contributed by atoms with Crippen LogP contribution in [0.5, 0.6) is 5.75 Å². The maximum atomic E-state index is 12.1. The van der Waals surface area contributed by atoms with Crippen molar-refractivity contribution in [3.8, 4) is 17.0 Å². The molecule has 0 unspecified atom stereocenters. The Morgan fingerprint density at radius 1 is 1.17 bits per heavy atom. The molecule has 0 atom stereocenters. The van der Waals surface area contributed by atoms with Crippen LogP contribution in [0.1, 0.15) is 12.1 Å². The predicted molar refractivity (Wildman–Crippen MR) is 93.9 cm³/mol. The lowest BCUT2D eigenvalue weighted by molar-refractivity contribution is -0.116. The van der Waals surface area contributed by atoms with Crippen LogP contribution in [0.25, 0.3) is 11.3 Å². The van der Waals surface area contributed by atoms with E-state index in [0.717, 1.165) is 28.4 Å². The molecule has 3 rings (SSSR count). The van der Waals surface area contributed by atoms with Crippen LogP contribution in [0.4, 0.5) is 5.69 Å². The topological polar surface area (TPSA) is 67.0 Å². The largest absolute Gasteiger partial charge is 0.493 e. The molecule has 1 aromatic heterocycles. The van der Waals surface area contributed by atoms with Crippen LogP contribution in [0, 0.1) is 6.92 Å². The van der Waals surface area contributed by atoms with Gasteiger partial charge in [-0.2, -0.15) is 0 Å². The van der Waals surface area contributed by atoms with Crippen molar-refractivity contribution in [3.05, 3.63) is 66.6 Å². The zero-order valence-corrected chi connectivity index (χ0v) is 13.5. The number of imidazole rings is 1. The fourth-order valence-electron chi connectivity index (χ4n) is 2.40. The molecule has 0 aliphatic carbocycles. The lowest BCUT2D eigenvalue weighted by Gasteiger charge is -2.08. The number of amides is 1. The second-order valence-corrected chi connectivity index (χ2v) is 5.42. The van der Waals surface area contributed by atoms with Gasteiger partial charge in [0.25, 0.3) is 0 Å². The summed E-state index contributed by atoms with van der Waals surface area (Å²) in [6.45, 7) is 2.31. The highest BCUT2D eigenvalue weighted by molar-refractivity contribution is 5.91. The Bertz CT molecular complexity index is 812. The maximum Gasteiger partial charge on any atom is 0.227 e. The van der Waals surface area contributed by atoms with Crippen molar-refractivity contribution in [2.24, 2.45) is 0 Å². The van der Waals surface area contributed by atoms with Gasteiger partial charge in [0, 0.05) is 16.9 Å². The Hall–Kier alpha value is -3.08. The van der Waals surface area contributed by atoms with Crippen molar-refractivity contribution in [1.82, 2.24) is 9.97 Å². The summed E-state index contributed by atoms with van der Waals surface area (Å²) in [5.74, 6) is 0.683. The van der Waals surface area contributed by atoms with Crippen LogP contribution in [-0.4, -0.2) is 22.5 Å². The molecular weight excluding hydrogens is 302 g/mol. The van der Waals surface area contributed by atoms with Gasteiger partial charge < -0.3 is 15.0 Å². The zero-order valence-electron chi connectivity index (χ0n) is 13.5. The Kier molecular flexibility index (Phi) is 4.91. The third kappa shape index (κ3) is 4.01. The molecule has 5 heteroatoms. The Morgan fingerprint density at radius 2 is 2.00 bits per heavy atom. The number of aryl methyl sites for hydroxylation is 1. The molecule has 0 bridgehead atoms. The number of aromatic nitrogens is 2. The summed E-state index contributed by atoms with van der Waals surface area (Å²) in [6.07, 6.45) is 1.96. The molecule has 2 N–H and O–H groups in total. The molecular formula is C19H19N3O2. The number of nitrogens with zero attached hydrogens (tertiary/aromatic N) is 1. The van der Waals surface area contributed by atoms with Crippen LogP contribution >= 0.6 is 0 Å². The van der Waals surface area contributed by atoms with E-state index in [1.165, 1.54) is 0 Å². The summed E-state index contributed by atoms with van der Waals surface area (Å²) in [6, 6.07) is 17.1. The summed E-state index contributed by atoms with van der Waals surface area (Å²) in [4.78, 5) is 19.4. The van der Waals surface area contributed by atoms with Gasteiger partial charge in [0.2, 0.25) is 5.91 Å². The number of benzene rings is 2. The Labute approximate surface area is 140 Å². The van der Waals surface area contributed by atoms with Gasteiger partial charge >= 0.3 is 0 Å². The van der Waals surface area contributed by atoms with Crippen LogP contribution in [-0.2, 0) is 4.79 Å². The van der Waals surface area contributed by atoms with Crippen molar-refractivity contribution in [3.63, 3.8) is 0 Å². The number of ether oxygens (including phenoxy) is 1. The van der Waals surface area contributed by atoms with E-state index in [9.17, 15) is 4.79 Å². The van der Waals surface area contributed by atoms with E-state index in [1.807, 2.05) is 61.5 Å². The number of hydrogen-bond donors (Lipinski definition) is 2. The van der Waals surface area contributed by atoms with Crippen LogP contribution in [0.15, 0.2) is 60.9 Å². The van der Waals surface area contributed by atoms with Gasteiger partial charge in [-0.15, -0.1) is 0 Å². The molecule has 1 heterocycles. The number of para-hydroxylation sites is 1. The lowest BCUT2D eigenvalue weighted by atomic mass is 10.1. The highest BCUT2D eigenvalue weighted by Gasteiger charge is 2.07. The molecule has 0 spiro atoms. The molecule has 0 radical (unpaired) electrons. The van der Waals surface area contributed by atoms with Gasteiger partial charge in [0.1, 0.15) is 5.75 Å². The highest BCUT2D eigenvalue weighted by Crippen LogP contribution is 2.23. The molecule has 0 aliphatic rings. The second-order valence-electron chi connectivity index (χ2n) is 5.42. The minimum atomic E-state index is -0.0816. The summed E-state index contributed by atoms with van der Waals surface area (Å²) in [7, 11) is 0. The minimum absolute atomic E-state index is 0.0816. The van der Waals surface area contributed by atoms with Crippen molar-refractivity contribution in [2.45, 2.75) is 13.3 Å². The molecule has 1 amide bonds. The summed E-state index contributed by atoms with van der Waals surface area (Å²) in [5, 5.41) is 2.89. The fraction of sp³-hybridized carbons (Fsp3) is 0.158. The van der Waals surface area contributed by atoms with Crippen molar-refractivity contribution >= 4 is 11.6 Å². The van der Waals surface area contributed by atoms with Crippen molar-refractivity contribution in [2.75, 3.05) is 11.9 Å². The molecule has 2 aromatic carbocycles. The van der Waals surface area contributed by atoms with Gasteiger partial charge in [-0.25, -0.2) is 4.98 Å². The average molecular weight is 321 g/mol. The number of aromatic amines is 1. The van der Waals surface area contributed by atoms with E-state index >= 15 is 0 Å².